The van der Waals surface area contributed by atoms with E-state index in [1.807, 2.05) is 0 Å². The highest BCUT2D eigenvalue weighted by molar-refractivity contribution is 6.86. The van der Waals surface area contributed by atoms with Crippen molar-refractivity contribution < 1.29 is 0 Å². The number of unbranched alkanes of at least 4 members (excludes halogenated alkanes) is 7. The molecule has 0 rings (SSSR count). The molecule has 1 nitrogen and oxygen atoms in total. The van der Waals surface area contributed by atoms with Crippen molar-refractivity contribution in [3.05, 3.63) is 11.8 Å². The monoisotopic (exact) mass is 309 g/mol. The quantitative estimate of drug-likeness (QED) is 0.190. The van der Waals surface area contributed by atoms with Crippen LogP contribution in [0.2, 0.25) is 18.1 Å². The van der Waals surface area contributed by atoms with E-state index in [4.69, 9.17) is 0 Å². The lowest BCUT2D eigenvalue weighted by Gasteiger charge is -2.23. The summed E-state index contributed by atoms with van der Waals surface area (Å²) in [5.41, 5.74) is 2.51. The van der Waals surface area contributed by atoms with Gasteiger partial charge in [-0.05, 0) is 25.6 Å². The Hall–Kier alpha value is -0.373. The molecule has 0 aromatic rings. The second-order valence-corrected chi connectivity index (χ2v) is 11.2. The fourth-order valence-corrected chi connectivity index (χ4v) is 5.76. The molecule has 0 radical (unpaired) electrons. The molecule has 0 aliphatic rings. The van der Waals surface area contributed by atoms with Gasteiger partial charge in [0.05, 0.1) is 8.07 Å². The zero-order valence-electron chi connectivity index (χ0n) is 15.2. The summed E-state index contributed by atoms with van der Waals surface area (Å²) in [5, 5.41) is 0. The van der Waals surface area contributed by atoms with Crippen LogP contribution in [-0.2, 0) is 0 Å². The Morgan fingerprint density at radius 1 is 0.810 bits per heavy atom. The lowest BCUT2D eigenvalue weighted by molar-refractivity contribution is 0.578. The number of rotatable bonds is 14. The molecule has 0 atom stereocenters. The van der Waals surface area contributed by atoms with Crippen LogP contribution in [0.1, 0.15) is 79.1 Å². The van der Waals surface area contributed by atoms with Crippen LogP contribution in [0.3, 0.4) is 0 Å². The largest absolute Gasteiger partial charge is 0.298 e. The van der Waals surface area contributed by atoms with Gasteiger partial charge in [0.25, 0.3) is 0 Å². The van der Waals surface area contributed by atoms with Gasteiger partial charge in [0, 0.05) is 6.54 Å². The molecule has 21 heavy (non-hydrogen) atoms. The Labute approximate surface area is 135 Å². The summed E-state index contributed by atoms with van der Waals surface area (Å²) in [7, 11) is -1.17. The number of hydrogen-bond donors (Lipinski definition) is 0. The van der Waals surface area contributed by atoms with Gasteiger partial charge >= 0.3 is 0 Å². The van der Waals surface area contributed by atoms with Crippen LogP contribution in [0.5, 0.6) is 0 Å². The average molecular weight is 310 g/mol. The van der Waals surface area contributed by atoms with E-state index in [2.05, 4.69) is 50.7 Å². The summed E-state index contributed by atoms with van der Waals surface area (Å²) in [6, 6.07) is 3.93. The number of nitrogens with zero attached hydrogens (tertiary/aromatic N) is 1. The normalized spacial score (nSPS) is 12.8. The zero-order chi connectivity index (χ0) is 15.8. The van der Waals surface area contributed by atoms with Gasteiger partial charge in [-0.25, -0.2) is 0 Å². The van der Waals surface area contributed by atoms with E-state index in [0.717, 1.165) is 6.54 Å². The van der Waals surface area contributed by atoms with Crippen molar-refractivity contribution in [2.75, 3.05) is 6.54 Å². The summed E-state index contributed by atoms with van der Waals surface area (Å²) in [4.78, 5) is 4.66. The van der Waals surface area contributed by atoms with Gasteiger partial charge in [0.15, 0.2) is 0 Å². The van der Waals surface area contributed by atoms with Crippen molar-refractivity contribution >= 4 is 14.3 Å². The first-order valence-corrected chi connectivity index (χ1v) is 12.1. The molecule has 2 heteroatoms. The molecule has 0 saturated heterocycles. The number of allylic oxidation sites excluding steroid dienone is 1. The standard InChI is InChI=1S/C19H39NSi/c1-5-9-10-11-12-13-14-15-16-20-17-19-21(7-3,8-4)18-6-2/h6,17-18H,5,7-16,19H2,1-4H3. The predicted molar refractivity (Wildman–Crippen MR) is 102 cm³/mol. The Bertz CT molecular complexity index is 267. The third-order valence-electron chi connectivity index (χ3n) is 4.70. The van der Waals surface area contributed by atoms with Crippen LogP contribution >= 0.6 is 0 Å². The highest BCUT2D eigenvalue weighted by Crippen LogP contribution is 2.21. The average Bonchev–Trinajstić information content (AvgIpc) is 2.51. The van der Waals surface area contributed by atoms with Crippen LogP contribution in [-0.4, -0.2) is 20.8 Å². The highest BCUT2D eigenvalue weighted by Gasteiger charge is 2.23. The van der Waals surface area contributed by atoms with Crippen LogP contribution in [0.15, 0.2) is 16.8 Å². The Balaban J connectivity index is 3.63. The molecule has 0 bridgehead atoms. The molecule has 0 amide bonds. The number of hydrogen-bond acceptors (Lipinski definition) is 1. The maximum atomic E-state index is 4.66. The van der Waals surface area contributed by atoms with Crippen molar-refractivity contribution in [3.63, 3.8) is 0 Å². The fourth-order valence-electron chi connectivity index (χ4n) is 2.87. The minimum Gasteiger partial charge on any atom is -0.298 e. The van der Waals surface area contributed by atoms with Crippen LogP contribution in [0.4, 0.5) is 0 Å². The van der Waals surface area contributed by atoms with Crippen LogP contribution in [0, 0.1) is 0 Å². The van der Waals surface area contributed by atoms with Crippen molar-refractivity contribution in [3.8, 4) is 0 Å². The third-order valence-corrected chi connectivity index (χ3v) is 9.55. The second-order valence-electron chi connectivity index (χ2n) is 6.34. The maximum absolute atomic E-state index is 4.66. The van der Waals surface area contributed by atoms with Gasteiger partial charge < -0.3 is 0 Å². The SMILES string of the molecule is CC=C[Si](CC)(CC)CC=NCCCCCCCCCC. The number of aliphatic imine (C=N–C) groups is 1. The lowest BCUT2D eigenvalue weighted by atomic mass is 10.1. The Morgan fingerprint density at radius 2 is 1.38 bits per heavy atom. The fraction of sp³-hybridized carbons (Fsp3) is 0.842. The first-order chi connectivity index (χ1) is 10.2. The molecule has 124 valence electrons. The van der Waals surface area contributed by atoms with E-state index in [1.54, 1.807) is 0 Å². The molecule has 0 N–H and O–H groups in total. The van der Waals surface area contributed by atoms with Crippen molar-refractivity contribution in [1.29, 1.82) is 0 Å². The molecule has 0 unspecified atom stereocenters. The van der Waals surface area contributed by atoms with Gasteiger partial charge in [0.2, 0.25) is 0 Å². The minimum absolute atomic E-state index is 1.04. The molecular formula is C19H39NSi. The van der Waals surface area contributed by atoms with E-state index in [-0.39, 0.29) is 0 Å². The first-order valence-electron chi connectivity index (χ1n) is 9.36. The van der Waals surface area contributed by atoms with Crippen molar-refractivity contribution in [2.45, 2.75) is 97.2 Å². The third kappa shape index (κ3) is 10.9. The second kappa shape index (κ2) is 14.6. The lowest BCUT2D eigenvalue weighted by Crippen LogP contribution is -2.30. The molecule has 0 aromatic heterocycles. The smallest absolute Gasteiger partial charge is 0.0820 e. The van der Waals surface area contributed by atoms with E-state index < -0.39 is 8.07 Å². The summed E-state index contributed by atoms with van der Waals surface area (Å²) in [6.45, 7) is 10.2. The molecular weight excluding hydrogens is 270 g/mol. The predicted octanol–water partition coefficient (Wildman–Crippen LogP) is 6.80. The zero-order valence-corrected chi connectivity index (χ0v) is 16.2. The summed E-state index contributed by atoms with van der Waals surface area (Å²) in [6.07, 6.45) is 15.6. The van der Waals surface area contributed by atoms with Gasteiger partial charge in [-0.3, -0.25) is 4.99 Å². The highest BCUT2D eigenvalue weighted by atomic mass is 28.3. The maximum Gasteiger partial charge on any atom is 0.0820 e. The minimum atomic E-state index is -1.17. The van der Waals surface area contributed by atoms with Crippen LogP contribution < -0.4 is 0 Å². The topological polar surface area (TPSA) is 12.4 Å². The van der Waals surface area contributed by atoms with E-state index >= 15 is 0 Å². The van der Waals surface area contributed by atoms with Crippen molar-refractivity contribution in [1.82, 2.24) is 0 Å². The molecule has 0 fully saturated rings. The molecule has 0 aliphatic carbocycles. The van der Waals surface area contributed by atoms with Crippen molar-refractivity contribution in [2.24, 2.45) is 4.99 Å². The molecule has 0 saturated carbocycles. The van der Waals surface area contributed by atoms with Gasteiger partial charge in [-0.1, -0.05) is 89.6 Å². The van der Waals surface area contributed by atoms with Gasteiger partial charge in [-0.15, -0.1) is 0 Å². The molecule has 0 aromatic carbocycles. The van der Waals surface area contributed by atoms with E-state index in [1.165, 1.54) is 69.5 Å². The molecule has 0 spiro atoms. The molecule has 0 heterocycles. The summed E-state index contributed by atoms with van der Waals surface area (Å²) >= 11 is 0. The van der Waals surface area contributed by atoms with E-state index in [0.29, 0.717) is 0 Å². The Kier molecular flexibility index (Phi) is 14.3. The first kappa shape index (κ1) is 20.6. The molecule has 0 aliphatic heterocycles. The van der Waals surface area contributed by atoms with E-state index in [9.17, 15) is 0 Å². The van der Waals surface area contributed by atoms with Gasteiger partial charge in [0.1, 0.15) is 0 Å². The van der Waals surface area contributed by atoms with Gasteiger partial charge in [-0.2, -0.15) is 0 Å². The summed E-state index contributed by atoms with van der Waals surface area (Å²) in [5.74, 6) is 0. The van der Waals surface area contributed by atoms with Crippen LogP contribution in [0.25, 0.3) is 0 Å². The Morgan fingerprint density at radius 3 is 1.90 bits per heavy atom. The summed E-state index contributed by atoms with van der Waals surface area (Å²) < 4.78 is 0.